The first-order valence-corrected chi connectivity index (χ1v) is 7.16. The molecule has 3 aromatic rings. The minimum atomic E-state index is -0.407. The summed E-state index contributed by atoms with van der Waals surface area (Å²) in [6.07, 6.45) is 1.51. The Bertz CT molecular complexity index is 928. The number of fused-ring (bicyclic) bond motifs is 1. The minimum Gasteiger partial charge on any atom is -0.423 e. The summed E-state index contributed by atoms with van der Waals surface area (Å²) >= 11 is 0. The summed E-state index contributed by atoms with van der Waals surface area (Å²) in [5, 5.41) is 0. The first-order valence-electron chi connectivity index (χ1n) is 7.16. The molecule has 0 atom stereocenters. The van der Waals surface area contributed by atoms with Crippen molar-refractivity contribution in [2.75, 3.05) is 4.90 Å². The van der Waals surface area contributed by atoms with Crippen molar-refractivity contribution in [2.24, 2.45) is 0 Å². The van der Waals surface area contributed by atoms with Gasteiger partial charge in [-0.2, -0.15) is 4.90 Å². The molecule has 5 nitrogen and oxygen atoms in total. The summed E-state index contributed by atoms with van der Waals surface area (Å²) in [5.74, 6) is -0.298. The molecule has 1 aromatic heterocycles. The van der Waals surface area contributed by atoms with E-state index in [1.807, 2.05) is 30.3 Å². The fourth-order valence-corrected chi connectivity index (χ4v) is 2.73. The van der Waals surface area contributed by atoms with Crippen LogP contribution in [0.5, 0.6) is 0 Å². The van der Waals surface area contributed by atoms with Crippen molar-refractivity contribution in [3.63, 3.8) is 0 Å². The molecule has 2 heterocycles. The zero-order chi connectivity index (χ0) is 16.0. The highest BCUT2D eigenvalue weighted by Gasteiger charge is 2.40. The minimum absolute atomic E-state index is 0.00514. The van der Waals surface area contributed by atoms with E-state index in [9.17, 15) is 9.59 Å². The van der Waals surface area contributed by atoms with Crippen molar-refractivity contribution in [3.05, 3.63) is 71.4 Å². The van der Waals surface area contributed by atoms with Gasteiger partial charge in [-0.3, -0.25) is 9.59 Å². The molecule has 0 aliphatic carbocycles. The van der Waals surface area contributed by atoms with Gasteiger partial charge in [0.25, 0.3) is 11.8 Å². The maximum atomic E-state index is 12.6. The highest BCUT2D eigenvalue weighted by atomic mass is 16.4. The molecule has 2 amide bonds. The van der Waals surface area contributed by atoms with E-state index >= 15 is 0 Å². The molecule has 112 valence electrons. The van der Waals surface area contributed by atoms with E-state index in [0.717, 1.165) is 16.0 Å². The van der Waals surface area contributed by atoms with Gasteiger partial charge >= 0.3 is 6.01 Å². The Morgan fingerprint density at radius 2 is 1.74 bits per heavy atom. The topological polar surface area (TPSA) is 63.4 Å². The molecule has 0 bridgehead atoms. The second-order valence-corrected chi connectivity index (χ2v) is 5.32. The average molecular weight is 304 g/mol. The van der Waals surface area contributed by atoms with E-state index in [2.05, 4.69) is 4.98 Å². The maximum Gasteiger partial charge on any atom is 0.312 e. The first kappa shape index (κ1) is 13.5. The number of nitrogens with zero attached hydrogens (tertiary/aromatic N) is 2. The Morgan fingerprint density at radius 3 is 2.48 bits per heavy atom. The Morgan fingerprint density at radius 1 is 0.957 bits per heavy atom. The molecule has 0 N–H and O–H groups in total. The van der Waals surface area contributed by atoms with Gasteiger partial charge in [0.15, 0.2) is 5.76 Å². The lowest BCUT2D eigenvalue weighted by molar-refractivity contribution is 0.0919. The number of imide groups is 1. The maximum absolute atomic E-state index is 12.6. The van der Waals surface area contributed by atoms with Gasteiger partial charge in [-0.15, -0.1) is 0 Å². The second kappa shape index (κ2) is 4.91. The van der Waals surface area contributed by atoms with Crippen molar-refractivity contribution >= 4 is 17.8 Å². The number of hydrogen-bond donors (Lipinski definition) is 0. The number of carbonyl (C=O) groups is 2. The predicted molar refractivity (Wildman–Crippen MR) is 84.3 cm³/mol. The molecule has 5 heteroatoms. The van der Waals surface area contributed by atoms with Crippen molar-refractivity contribution in [1.29, 1.82) is 0 Å². The molecule has 0 unspecified atom stereocenters. The predicted octanol–water partition coefficient (Wildman–Crippen LogP) is 3.45. The van der Waals surface area contributed by atoms with E-state index in [-0.39, 0.29) is 6.01 Å². The third-order valence-corrected chi connectivity index (χ3v) is 3.87. The number of hydrogen-bond acceptors (Lipinski definition) is 4. The van der Waals surface area contributed by atoms with Crippen molar-refractivity contribution in [3.8, 4) is 11.3 Å². The molecular weight excluding hydrogens is 292 g/mol. The quantitative estimate of drug-likeness (QED) is 0.680. The van der Waals surface area contributed by atoms with Gasteiger partial charge in [0.1, 0.15) is 0 Å². The van der Waals surface area contributed by atoms with Crippen LogP contribution in [0.1, 0.15) is 26.3 Å². The summed E-state index contributed by atoms with van der Waals surface area (Å²) in [5.41, 5.74) is 2.39. The number of amides is 2. The van der Waals surface area contributed by atoms with Crippen LogP contribution in [0.4, 0.5) is 6.01 Å². The Balaban J connectivity index is 1.76. The lowest BCUT2D eigenvalue weighted by atomic mass is 10.0. The lowest BCUT2D eigenvalue weighted by Gasteiger charge is -2.07. The van der Waals surface area contributed by atoms with Gasteiger partial charge in [-0.05, 0) is 18.6 Å². The van der Waals surface area contributed by atoms with Gasteiger partial charge in [-0.25, -0.2) is 4.98 Å². The van der Waals surface area contributed by atoms with E-state index < -0.39 is 11.8 Å². The van der Waals surface area contributed by atoms with E-state index in [0.29, 0.717) is 16.9 Å². The number of carbonyl (C=O) groups excluding carboxylic acids is 2. The first-order chi connectivity index (χ1) is 11.2. The highest BCUT2D eigenvalue weighted by molar-refractivity contribution is 6.34. The summed E-state index contributed by atoms with van der Waals surface area (Å²) in [6, 6.07) is 14.6. The van der Waals surface area contributed by atoms with Crippen LogP contribution >= 0.6 is 0 Å². The standard InChI is InChI=1S/C18H12N2O3/c1-11-6-5-9-13-15(11)17(22)20(16(13)21)18-19-10-14(23-18)12-7-3-2-4-8-12/h2-10H,1H3. The molecule has 0 spiro atoms. The Hall–Kier alpha value is -3.21. The lowest BCUT2D eigenvalue weighted by Crippen LogP contribution is -2.29. The molecule has 0 fully saturated rings. The fraction of sp³-hybridized carbons (Fsp3) is 0.0556. The number of aromatic nitrogens is 1. The van der Waals surface area contributed by atoms with Crippen molar-refractivity contribution in [2.45, 2.75) is 6.92 Å². The van der Waals surface area contributed by atoms with Crippen molar-refractivity contribution < 1.29 is 14.0 Å². The van der Waals surface area contributed by atoms with Crippen LogP contribution in [-0.2, 0) is 0 Å². The molecule has 1 aliphatic rings. The molecule has 0 saturated heterocycles. The van der Waals surface area contributed by atoms with E-state index in [1.165, 1.54) is 6.20 Å². The van der Waals surface area contributed by atoms with Crippen LogP contribution in [0.25, 0.3) is 11.3 Å². The van der Waals surface area contributed by atoms with Gasteiger partial charge in [-0.1, -0.05) is 42.5 Å². The summed E-state index contributed by atoms with van der Waals surface area (Å²) in [6.45, 7) is 1.80. The SMILES string of the molecule is Cc1cccc2c1C(=O)N(c1ncc(-c3ccccc3)o1)C2=O. The number of benzene rings is 2. The van der Waals surface area contributed by atoms with Crippen LogP contribution in [0.3, 0.4) is 0 Å². The number of rotatable bonds is 2. The van der Waals surface area contributed by atoms with E-state index in [1.54, 1.807) is 25.1 Å². The van der Waals surface area contributed by atoms with Crippen molar-refractivity contribution in [1.82, 2.24) is 4.98 Å². The smallest absolute Gasteiger partial charge is 0.312 e. The number of anilines is 1. The normalized spacial score (nSPS) is 13.5. The van der Waals surface area contributed by atoms with Crippen LogP contribution in [-0.4, -0.2) is 16.8 Å². The van der Waals surface area contributed by atoms with Gasteiger partial charge in [0.2, 0.25) is 0 Å². The zero-order valence-electron chi connectivity index (χ0n) is 12.3. The van der Waals surface area contributed by atoms with Gasteiger partial charge in [0.05, 0.1) is 17.3 Å². The fourth-order valence-electron chi connectivity index (χ4n) is 2.73. The molecule has 23 heavy (non-hydrogen) atoms. The third-order valence-electron chi connectivity index (χ3n) is 3.87. The van der Waals surface area contributed by atoms with Crippen LogP contribution in [0, 0.1) is 6.92 Å². The van der Waals surface area contributed by atoms with Crippen LogP contribution in [0.15, 0.2) is 59.1 Å². The van der Waals surface area contributed by atoms with Gasteiger partial charge < -0.3 is 4.42 Å². The summed E-state index contributed by atoms with van der Waals surface area (Å²) < 4.78 is 5.64. The third kappa shape index (κ3) is 1.97. The highest BCUT2D eigenvalue weighted by Crippen LogP contribution is 2.31. The van der Waals surface area contributed by atoms with Crippen LogP contribution < -0.4 is 4.90 Å². The van der Waals surface area contributed by atoms with E-state index in [4.69, 9.17) is 4.42 Å². The van der Waals surface area contributed by atoms with Crippen LogP contribution in [0.2, 0.25) is 0 Å². The monoisotopic (exact) mass is 304 g/mol. The second-order valence-electron chi connectivity index (χ2n) is 5.32. The Labute approximate surface area is 132 Å². The number of oxazole rings is 1. The largest absolute Gasteiger partial charge is 0.423 e. The molecule has 0 radical (unpaired) electrons. The summed E-state index contributed by atoms with van der Waals surface area (Å²) in [4.78, 5) is 30.2. The molecule has 4 rings (SSSR count). The molecule has 2 aromatic carbocycles. The number of aryl methyl sites for hydroxylation is 1. The zero-order valence-corrected chi connectivity index (χ0v) is 12.3. The molecule has 1 aliphatic heterocycles. The average Bonchev–Trinajstić information content (AvgIpc) is 3.13. The molecule has 0 saturated carbocycles. The summed E-state index contributed by atoms with van der Waals surface area (Å²) in [7, 11) is 0. The molecular formula is C18H12N2O3. The Kier molecular flexibility index (Phi) is 2.87. The van der Waals surface area contributed by atoms with Gasteiger partial charge in [0, 0.05) is 5.56 Å².